The first-order valence-corrected chi connectivity index (χ1v) is 9.02. The number of amidine groups is 1. The molecular weight excluding hydrogens is 338 g/mol. The number of hydroxylamine groups is 3. The van der Waals surface area contributed by atoms with E-state index in [0.29, 0.717) is 37.6 Å². The Bertz CT molecular complexity index is 850. The van der Waals surface area contributed by atoms with Crippen molar-refractivity contribution in [1.82, 2.24) is 4.90 Å². The van der Waals surface area contributed by atoms with Gasteiger partial charge in [0.25, 0.3) is 0 Å². The normalized spacial score (nSPS) is 18.9. The quantitative estimate of drug-likeness (QED) is 0.445. The van der Waals surface area contributed by atoms with Gasteiger partial charge >= 0.3 is 0 Å². The summed E-state index contributed by atoms with van der Waals surface area (Å²) in [4.78, 5) is 19.7. The van der Waals surface area contributed by atoms with Crippen molar-refractivity contribution in [2.45, 2.75) is 6.92 Å². The van der Waals surface area contributed by atoms with Crippen LogP contribution in [0.3, 0.4) is 0 Å². The fourth-order valence-corrected chi connectivity index (χ4v) is 4.22. The van der Waals surface area contributed by atoms with E-state index in [1.807, 2.05) is 37.3 Å². The van der Waals surface area contributed by atoms with Crippen LogP contribution in [-0.2, 0) is 0 Å². The minimum atomic E-state index is -0.224. The van der Waals surface area contributed by atoms with Gasteiger partial charge in [0.15, 0.2) is 0 Å². The predicted molar refractivity (Wildman–Crippen MR) is 100 cm³/mol. The van der Waals surface area contributed by atoms with E-state index in [1.54, 1.807) is 7.05 Å². The molecule has 0 amide bonds. The van der Waals surface area contributed by atoms with Gasteiger partial charge in [-0.1, -0.05) is 12.1 Å². The van der Waals surface area contributed by atoms with Crippen molar-refractivity contribution in [2.75, 3.05) is 38.2 Å². The zero-order valence-corrected chi connectivity index (χ0v) is 15.0. The summed E-state index contributed by atoms with van der Waals surface area (Å²) in [6.07, 6.45) is 0. The highest BCUT2D eigenvalue weighted by Crippen LogP contribution is 2.44. The van der Waals surface area contributed by atoms with Crippen molar-refractivity contribution in [3.63, 3.8) is 0 Å². The Morgan fingerprint density at radius 1 is 1.28 bits per heavy atom. The Morgan fingerprint density at radius 2 is 2.00 bits per heavy atom. The highest BCUT2D eigenvalue weighted by atomic mass is 32.1. The molecule has 3 heterocycles. The SMILES string of the molecule is Cc1cc2c(s1)N(N=O)c1ccccc1N=C2N1CC[N+](C)([O-])CC1. The molecule has 2 aromatic rings. The summed E-state index contributed by atoms with van der Waals surface area (Å²) in [5, 5.41) is 17.6. The van der Waals surface area contributed by atoms with Gasteiger partial charge in [-0.05, 0) is 25.1 Å². The van der Waals surface area contributed by atoms with Crippen LogP contribution in [0, 0.1) is 17.0 Å². The Kier molecular flexibility index (Phi) is 3.82. The van der Waals surface area contributed by atoms with Gasteiger partial charge in [-0.3, -0.25) is 0 Å². The second-order valence-electron chi connectivity index (χ2n) is 6.62. The number of fused-ring (bicyclic) bond motifs is 2. The smallest absolute Gasteiger partial charge is 0.140 e. The number of nitrogens with zero attached hydrogens (tertiary/aromatic N) is 5. The maximum Gasteiger partial charge on any atom is 0.140 e. The predicted octanol–water partition coefficient (Wildman–Crippen LogP) is 3.53. The summed E-state index contributed by atoms with van der Waals surface area (Å²) in [5.41, 5.74) is 2.29. The Morgan fingerprint density at radius 3 is 2.72 bits per heavy atom. The van der Waals surface area contributed by atoms with E-state index < -0.39 is 0 Å². The van der Waals surface area contributed by atoms with Crippen LogP contribution in [-0.4, -0.2) is 48.6 Å². The molecule has 0 radical (unpaired) electrons. The molecule has 0 atom stereocenters. The van der Waals surface area contributed by atoms with Crippen molar-refractivity contribution in [3.05, 3.63) is 50.9 Å². The van der Waals surface area contributed by atoms with Crippen molar-refractivity contribution in [3.8, 4) is 0 Å². The van der Waals surface area contributed by atoms with Crippen LogP contribution in [0.2, 0.25) is 0 Å². The number of piperazine rings is 1. The number of thiophene rings is 1. The summed E-state index contributed by atoms with van der Waals surface area (Å²) < 4.78 is -0.224. The van der Waals surface area contributed by atoms with E-state index in [2.05, 4.69) is 10.2 Å². The minimum Gasteiger partial charge on any atom is -0.633 e. The average molecular weight is 357 g/mol. The maximum atomic E-state index is 12.2. The monoisotopic (exact) mass is 357 g/mol. The van der Waals surface area contributed by atoms with Crippen LogP contribution < -0.4 is 5.01 Å². The Hall–Kier alpha value is -2.29. The summed E-state index contributed by atoms with van der Waals surface area (Å²) in [5.74, 6) is 0.817. The van der Waals surface area contributed by atoms with Gasteiger partial charge < -0.3 is 14.8 Å². The fourth-order valence-electron chi connectivity index (χ4n) is 3.26. The number of para-hydroxylation sites is 2. The van der Waals surface area contributed by atoms with Gasteiger partial charge in [-0.15, -0.1) is 16.2 Å². The highest BCUT2D eigenvalue weighted by Gasteiger charge is 2.31. The van der Waals surface area contributed by atoms with Crippen LogP contribution in [0.15, 0.2) is 40.6 Å². The van der Waals surface area contributed by atoms with Crippen LogP contribution in [0.5, 0.6) is 0 Å². The van der Waals surface area contributed by atoms with Gasteiger partial charge in [-0.25, -0.2) is 4.99 Å². The lowest BCUT2D eigenvalue weighted by Crippen LogP contribution is -2.55. The largest absolute Gasteiger partial charge is 0.633 e. The van der Waals surface area contributed by atoms with E-state index in [0.717, 1.165) is 21.3 Å². The highest BCUT2D eigenvalue weighted by molar-refractivity contribution is 7.16. The van der Waals surface area contributed by atoms with Gasteiger partial charge in [0.05, 0.1) is 55.5 Å². The Balaban J connectivity index is 1.85. The first-order chi connectivity index (χ1) is 12.0. The Labute approximate surface area is 149 Å². The number of hydrogen-bond acceptors (Lipinski definition) is 6. The number of aryl methyl sites for hydroxylation is 1. The molecule has 1 aromatic heterocycles. The number of benzene rings is 1. The topological polar surface area (TPSA) is 71.3 Å². The molecule has 1 fully saturated rings. The molecule has 130 valence electrons. The van der Waals surface area contributed by atoms with Gasteiger partial charge in [-0.2, -0.15) is 5.01 Å². The zero-order chi connectivity index (χ0) is 17.6. The zero-order valence-electron chi connectivity index (χ0n) is 14.2. The lowest BCUT2D eigenvalue weighted by atomic mass is 10.2. The standard InChI is InChI=1S/C17H19N5O2S/c1-12-11-13-16(20-7-9-22(2,24)10-8-20)18-14-5-3-4-6-15(14)21(19-23)17(13)25-12/h3-6,11H,7-10H2,1-2H3. The molecule has 7 nitrogen and oxygen atoms in total. The molecule has 0 aliphatic carbocycles. The number of anilines is 2. The van der Waals surface area contributed by atoms with Crippen LogP contribution in [0.4, 0.5) is 16.4 Å². The second-order valence-corrected chi connectivity index (χ2v) is 7.86. The lowest BCUT2D eigenvalue weighted by Gasteiger charge is -2.45. The number of nitroso groups, excluding NO2 is 1. The first kappa shape index (κ1) is 16.2. The molecule has 8 heteroatoms. The number of likely N-dealkylation sites (N-methyl/N-ethyl adjacent to an activating group) is 1. The van der Waals surface area contributed by atoms with Gasteiger partial charge in [0.2, 0.25) is 0 Å². The molecule has 2 aliphatic rings. The molecule has 25 heavy (non-hydrogen) atoms. The molecule has 0 saturated carbocycles. The second kappa shape index (κ2) is 5.91. The third kappa shape index (κ3) is 2.82. The molecule has 4 rings (SSSR count). The van der Waals surface area contributed by atoms with Crippen LogP contribution >= 0.6 is 11.3 Å². The number of rotatable bonds is 1. The van der Waals surface area contributed by atoms with E-state index in [1.165, 1.54) is 16.3 Å². The van der Waals surface area contributed by atoms with E-state index in [4.69, 9.17) is 4.99 Å². The third-order valence-electron chi connectivity index (χ3n) is 4.67. The first-order valence-electron chi connectivity index (χ1n) is 8.21. The fraction of sp³-hybridized carbons (Fsp3) is 0.353. The van der Waals surface area contributed by atoms with Crippen LogP contribution in [0.1, 0.15) is 10.4 Å². The lowest BCUT2D eigenvalue weighted by molar-refractivity contribution is -0.864. The molecule has 1 saturated heterocycles. The maximum absolute atomic E-state index is 12.2. The van der Waals surface area contributed by atoms with Crippen LogP contribution in [0.25, 0.3) is 0 Å². The number of quaternary nitrogens is 1. The van der Waals surface area contributed by atoms with E-state index in [-0.39, 0.29) is 4.65 Å². The molecular formula is C17H19N5O2S. The minimum absolute atomic E-state index is 0.224. The van der Waals surface area contributed by atoms with Crippen molar-refractivity contribution >= 4 is 33.5 Å². The summed E-state index contributed by atoms with van der Waals surface area (Å²) in [7, 11) is 1.71. The van der Waals surface area contributed by atoms with Crippen molar-refractivity contribution in [1.29, 1.82) is 0 Å². The molecule has 0 unspecified atom stereocenters. The average Bonchev–Trinajstić information content (AvgIpc) is 2.91. The molecule has 0 spiro atoms. The molecule has 0 N–H and O–H groups in total. The third-order valence-corrected chi connectivity index (χ3v) is 5.70. The summed E-state index contributed by atoms with van der Waals surface area (Å²) >= 11 is 1.53. The van der Waals surface area contributed by atoms with Crippen molar-refractivity contribution < 1.29 is 4.65 Å². The molecule has 2 aliphatic heterocycles. The van der Waals surface area contributed by atoms with Gasteiger partial charge in [0, 0.05) is 4.88 Å². The molecule has 0 bridgehead atoms. The van der Waals surface area contributed by atoms with E-state index in [9.17, 15) is 10.1 Å². The van der Waals surface area contributed by atoms with Crippen molar-refractivity contribution in [2.24, 2.45) is 10.3 Å². The summed E-state index contributed by atoms with van der Waals surface area (Å²) in [6, 6.07) is 9.55. The number of hydrogen-bond donors (Lipinski definition) is 0. The van der Waals surface area contributed by atoms with E-state index >= 15 is 0 Å². The van der Waals surface area contributed by atoms with Gasteiger partial charge in [0.1, 0.15) is 10.8 Å². The molecule has 1 aromatic carbocycles. The summed E-state index contributed by atoms with van der Waals surface area (Å²) in [6.45, 7) is 4.34. The number of aliphatic imine (C=N–C) groups is 1.